The van der Waals surface area contributed by atoms with Crippen LogP contribution in [0.15, 0.2) is 0 Å². The van der Waals surface area contributed by atoms with E-state index in [2.05, 4.69) is 34.3 Å². The summed E-state index contributed by atoms with van der Waals surface area (Å²) in [5.41, 5.74) is 0. The van der Waals surface area contributed by atoms with Gasteiger partial charge in [0.05, 0.1) is 0 Å². The molecule has 4 heavy (non-hydrogen) atoms. The molecule has 4 heteroatoms. The summed E-state index contributed by atoms with van der Waals surface area (Å²) in [6.45, 7) is 0. The third-order valence-electron chi connectivity index (χ3n) is 0. The fraction of sp³-hybridized carbons (Fsp3) is 0. The van der Waals surface area contributed by atoms with E-state index >= 15 is 0 Å². The summed E-state index contributed by atoms with van der Waals surface area (Å²) >= 11 is 4.62. The summed E-state index contributed by atoms with van der Waals surface area (Å²) in [6, 6.07) is 0. The van der Waals surface area contributed by atoms with Crippen molar-refractivity contribution in [3.8, 4) is 0 Å². The van der Waals surface area contributed by atoms with Gasteiger partial charge in [0.1, 0.15) is 0 Å². The van der Waals surface area contributed by atoms with Gasteiger partial charge in [-0.15, -0.1) is 0 Å². The van der Waals surface area contributed by atoms with Crippen LogP contribution in [-0.4, -0.2) is 0 Å². The second-order valence-electron chi connectivity index (χ2n) is 0. The Morgan fingerprint density at radius 1 is 1.25 bits per heavy atom. The van der Waals surface area contributed by atoms with Gasteiger partial charge < -0.3 is 0 Å². The van der Waals surface area contributed by atoms with E-state index < -0.39 is 0 Å². The van der Waals surface area contributed by atoms with Crippen molar-refractivity contribution in [2.75, 3.05) is 0 Å². The fourth-order valence-corrected chi connectivity index (χ4v) is 0. The van der Waals surface area contributed by atoms with Crippen LogP contribution in [0.1, 0.15) is 0 Å². The third kappa shape index (κ3) is 9.47. The summed E-state index contributed by atoms with van der Waals surface area (Å²) in [5.74, 6) is 0. The zero-order valence-electron chi connectivity index (χ0n) is 1.54. The molecule has 0 atom stereocenters. The first-order valence-electron chi connectivity index (χ1n) is 0.296. The van der Waals surface area contributed by atoms with Gasteiger partial charge in [0.25, 0.3) is 0 Å². The standard InChI is InChI=1S/Ni.2S.W. The molecule has 0 N–H and O–H groups in total. The van der Waals surface area contributed by atoms with E-state index in [0.717, 1.165) is 0 Å². The number of rotatable bonds is 0. The van der Waals surface area contributed by atoms with E-state index in [1.54, 1.807) is 0 Å². The Bertz CT molecular complexity index is 8.00. The maximum atomic E-state index is 4.17. The molecule has 0 rings (SSSR count). The van der Waals surface area contributed by atoms with Crippen LogP contribution in [0.4, 0.5) is 0 Å². The topological polar surface area (TPSA) is 0 Å². The van der Waals surface area contributed by atoms with E-state index in [0.29, 0.717) is 0 Å². The van der Waals surface area contributed by atoms with Gasteiger partial charge in [-0.25, -0.2) is 0 Å². The van der Waals surface area contributed by atoms with Crippen LogP contribution in [0.25, 0.3) is 0 Å². The van der Waals surface area contributed by atoms with Crippen LogP contribution >= 0.6 is 20.5 Å². The predicted octanol–water partition coefficient (Wildman–Crippen LogP) is 1.29. The van der Waals surface area contributed by atoms with Crippen molar-refractivity contribution >= 4 is 20.5 Å². The Morgan fingerprint density at radius 3 is 1.25 bits per heavy atom. The van der Waals surface area contributed by atoms with E-state index in [4.69, 9.17) is 0 Å². The predicted molar refractivity (Wildman–Crippen MR) is 15.2 cm³/mol. The first-order chi connectivity index (χ1) is 2.00. The minimum absolute atomic E-state index is 1.17. The zero-order chi connectivity index (χ0) is 4.00. The van der Waals surface area contributed by atoms with Gasteiger partial charge >= 0.3 is 52.3 Å². The molecule has 0 bridgehead atoms. The zero-order valence-corrected chi connectivity index (χ0v) is 7.09. The van der Waals surface area contributed by atoms with Gasteiger partial charge in [-0.05, 0) is 0 Å². The average molecular weight is 307 g/mol. The van der Waals surface area contributed by atoms with Crippen LogP contribution in [0.5, 0.6) is 0 Å². The second-order valence-corrected chi connectivity index (χ2v) is 0. The molecular weight excluding hydrogens is 307 g/mol. The molecule has 0 amide bonds. The molecule has 0 aliphatic rings. The summed E-state index contributed by atoms with van der Waals surface area (Å²) in [6.07, 6.45) is 0. The molecule has 0 aliphatic carbocycles. The fourth-order valence-electron chi connectivity index (χ4n) is 0. The van der Waals surface area contributed by atoms with Gasteiger partial charge in [-0.2, -0.15) is 0 Å². The quantitative estimate of drug-likeness (QED) is 0.619. The monoisotopic (exact) mass is 306 g/mol. The van der Waals surface area contributed by atoms with Crippen molar-refractivity contribution in [2.24, 2.45) is 0 Å². The van der Waals surface area contributed by atoms with E-state index in [1.807, 2.05) is 0 Å². The van der Waals surface area contributed by atoms with Gasteiger partial charge in [-0.1, -0.05) is 0 Å². The first kappa shape index (κ1) is 9.15. The van der Waals surface area contributed by atoms with Crippen LogP contribution in [0.3, 0.4) is 0 Å². The van der Waals surface area contributed by atoms with E-state index in [-0.39, 0.29) is 0 Å². The third-order valence-corrected chi connectivity index (χ3v) is 0. The van der Waals surface area contributed by atoms with Crippen molar-refractivity contribution in [1.82, 2.24) is 0 Å². The van der Waals surface area contributed by atoms with Crippen LogP contribution < -0.4 is 0 Å². The van der Waals surface area contributed by atoms with Crippen LogP contribution in [0, 0.1) is 0 Å². The van der Waals surface area contributed by atoms with Crippen LogP contribution in [-0.2, 0) is 31.9 Å². The molecule has 28 valence electrons. The molecular formula is NiS2W. The van der Waals surface area contributed by atoms with Crippen molar-refractivity contribution in [3.63, 3.8) is 0 Å². The number of hydrogen-bond acceptors (Lipinski definition) is 2. The molecule has 0 aromatic carbocycles. The van der Waals surface area contributed by atoms with Gasteiger partial charge in [0.15, 0.2) is 0 Å². The molecule has 0 unspecified atom stereocenters. The van der Waals surface area contributed by atoms with E-state index in [9.17, 15) is 0 Å². The molecule has 0 fully saturated rings. The Morgan fingerprint density at radius 2 is 1.25 bits per heavy atom. The SMILES string of the molecule is [S]=[Ni].[S]=[W]. The second kappa shape index (κ2) is 23.0. The van der Waals surface area contributed by atoms with Gasteiger partial charge in [0, 0.05) is 0 Å². The van der Waals surface area contributed by atoms with Crippen LogP contribution in [0.2, 0.25) is 0 Å². The normalized spacial score (nSPS) is 2.50. The molecule has 0 nitrogen and oxygen atoms in total. The summed E-state index contributed by atoms with van der Waals surface area (Å²) in [5, 5.41) is 0. The maximum absolute atomic E-state index is 4.17. The molecule has 0 aliphatic heterocycles. The molecule has 0 heterocycles. The molecule has 0 saturated heterocycles. The van der Waals surface area contributed by atoms with Gasteiger partial charge in [0.2, 0.25) is 0 Å². The van der Waals surface area contributed by atoms with E-state index in [1.165, 1.54) is 18.0 Å². The number of hydrogen-bond donors (Lipinski definition) is 0. The molecule has 0 radical (unpaired) electrons. The summed E-state index contributed by atoms with van der Waals surface area (Å²) in [4.78, 5) is 0. The van der Waals surface area contributed by atoms with Crippen molar-refractivity contribution in [1.29, 1.82) is 0 Å². The molecule has 0 saturated carbocycles. The molecule has 0 aromatic heterocycles. The van der Waals surface area contributed by atoms with Gasteiger partial charge in [-0.3, -0.25) is 0 Å². The first-order valence-corrected chi connectivity index (χ1v) is 5.69. The molecule has 0 spiro atoms. The Kier molecular flexibility index (Phi) is 52.8. The average Bonchev–Trinajstić information content (AvgIpc) is 1.50. The minimum atomic E-state index is 1.17. The van der Waals surface area contributed by atoms with Crippen molar-refractivity contribution in [2.45, 2.75) is 0 Å². The summed E-state index contributed by atoms with van der Waals surface area (Å²) < 4.78 is 0. The summed E-state index contributed by atoms with van der Waals surface area (Å²) in [7, 11) is 7.87. The Hall–Kier alpha value is 1.62. The molecule has 0 aromatic rings. The Labute approximate surface area is 52.0 Å². The van der Waals surface area contributed by atoms with Crippen molar-refractivity contribution < 1.29 is 31.9 Å². The Balaban J connectivity index is 0. The van der Waals surface area contributed by atoms with Crippen molar-refractivity contribution in [3.05, 3.63) is 0 Å².